The van der Waals surface area contributed by atoms with E-state index < -0.39 is 0 Å². The van der Waals surface area contributed by atoms with Gasteiger partial charge in [-0.2, -0.15) is 0 Å². The highest BCUT2D eigenvalue weighted by Gasteiger charge is 2.09. The first kappa shape index (κ1) is 8.93. The number of thiazole rings is 1. The second kappa shape index (κ2) is 4.01. The first-order valence-corrected chi connectivity index (χ1v) is 4.29. The number of aromatic nitrogens is 1. The molecular formula is C8H9NO2S. The number of carbonyl (C=O) groups excluding carboxylic acids is 1. The van der Waals surface area contributed by atoms with E-state index in [1.165, 1.54) is 18.4 Å². The zero-order valence-corrected chi connectivity index (χ0v) is 7.56. The van der Waals surface area contributed by atoms with E-state index in [9.17, 15) is 4.79 Å². The van der Waals surface area contributed by atoms with Gasteiger partial charge in [0.05, 0.1) is 12.8 Å². The largest absolute Gasteiger partial charge is 0.464 e. The maximum Gasteiger partial charge on any atom is 0.367 e. The molecule has 1 aromatic heterocycles. The van der Waals surface area contributed by atoms with Gasteiger partial charge in [-0.3, -0.25) is 0 Å². The number of esters is 1. The van der Waals surface area contributed by atoms with Crippen molar-refractivity contribution in [2.75, 3.05) is 7.11 Å². The van der Waals surface area contributed by atoms with E-state index in [0.29, 0.717) is 11.4 Å². The van der Waals surface area contributed by atoms with E-state index in [4.69, 9.17) is 0 Å². The van der Waals surface area contributed by atoms with E-state index >= 15 is 0 Å². The number of rotatable bonds is 3. The highest BCUT2D eigenvalue weighted by molar-refractivity contribution is 7.11. The lowest BCUT2D eigenvalue weighted by atomic mass is 10.3. The summed E-state index contributed by atoms with van der Waals surface area (Å²) in [4.78, 5) is 15.0. The smallest absolute Gasteiger partial charge is 0.367 e. The van der Waals surface area contributed by atoms with Gasteiger partial charge < -0.3 is 4.74 Å². The van der Waals surface area contributed by atoms with Crippen LogP contribution >= 0.6 is 11.3 Å². The third-order valence-electron chi connectivity index (χ3n) is 1.27. The minimum absolute atomic E-state index is 0.379. The first-order valence-electron chi connectivity index (χ1n) is 3.41. The molecule has 64 valence electrons. The number of nitrogens with zero attached hydrogens (tertiary/aromatic N) is 1. The van der Waals surface area contributed by atoms with Crippen molar-refractivity contribution in [2.45, 2.75) is 6.42 Å². The van der Waals surface area contributed by atoms with Crippen LogP contribution in [0, 0.1) is 0 Å². The van der Waals surface area contributed by atoms with Crippen LogP contribution in [-0.4, -0.2) is 18.1 Å². The van der Waals surface area contributed by atoms with Gasteiger partial charge in [0.25, 0.3) is 0 Å². The summed E-state index contributed by atoms with van der Waals surface area (Å²) in [6, 6.07) is 0. The van der Waals surface area contributed by atoms with Crippen LogP contribution in [-0.2, 0) is 11.2 Å². The van der Waals surface area contributed by atoms with Crippen LogP contribution in [0.2, 0.25) is 0 Å². The van der Waals surface area contributed by atoms with Gasteiger partial charge >= 0.3 is 5.97 Å². The minimum Gasteiger partial charge on any atom is -0.464 e. The van der Waals surface area contributed by atoms with Crippen LogP contribution < -0.4 is 0 Å². The topological polar surface area (TPSA) is 39.2 Å². The SMILES string of the molecule is C=CCc1csc(C(=O)OC)n1. The van der Waals surface area contributed by atoms with E-state index in [2.05, 4.69) is 16.3 Å². The molecular weight excluding hydrogens is 174 g/mol. The summed E-state index contributed by atoms with van der Waals surface area (Å²) in [6.07, 6.45) is 2.43. The lowest BCUT2D eigenvalue weighted by molar-refractivity contribution is 0.0600. The van der Waals surface area contributed by atoms with Crippen molar-refractivity contribution in [2.24, 2.45) is 0 Å². The van der Waals surface area contributed by atoms with E-state index in [-0.39, 0.29) is 5.97 Å². The van der Waals surface area contributed by atoms with E-state index in [1.807, 2.05) is 5.38 Å². The Morgan fingerprint density at radius 2 is 2.67 bits per heavy atom. The van der Waals surface area contributed by atoms with Gasteiger partial charge in [0, 0.05) is 11.8 Å². The van der Waals surface area contributed by atoms with Gasteiger partial charge in [-0.25, -0.2) is 9.78 Å². The Kier molecular flexibility index (Phi) is 2.99. The molecule has 0 atom stereocenters. The molecule has 0 N–H and O–H groups in total. The van der Waals surface area contributed by atoms with E-state index in [0.717, 1.165) is 5.69 Å². The summed E-state index contributed by atoms with van der Waals surface area (Å²) in [7, 11) is 1.34. The van der Waals surface area contributed by atoms with Crippen molar-refractivity contribution in [1.29, 1.82) is 0 Å². The maximum atomic E-state index is 10.9. The van der Waals surface area contributed by atoms with Crippen molar-refractivity contribution in [1.82, 2.24) is 4.98 Å². The molecule has 0 aliphatic rings. The fourth-order valence-corrected chi connectivity index (χ4v) is 1.48. The molecule has 0 bridgehead atoms. The fourth-order valence-electron chi connectivity index (χ4n) is 0.730. The predicted molar refractivity (Wildman–Crippen MR) is 47.4 cm³/mol. The molecule has 0 aliphatic heterocycles. The number of ether oxygens (including phenoxy) is 1. The van der Waals surface area contributed by atoms with Crippen molar-refractivity contribution >= 4 is 17.3 Å². The number of methoxy groups -OCH3 is 1. The molecule has 1 rings (SSSR count). The summed E-state index contributed by atoms with van der Waals surface area (Å²) < 4.78 is 4.51. The molecule has 0 spiro atoms. The molecule has 0 unspecified atom stereocenters. The summed E-state index contributed by atoms with van der Waals surface area (Å²) in [5.41, 5.74) is 0.857. The molecule has 0 aliphatic carbocycles. The molecule has 0 amide bonds. The standard InChI is InChI=1S/C8H9NO2S/c1-3-4-6-5-12-7(9-6)8(10)11-2/h3,5H,1,4H2,2H3. The molecule has 3 nitrogen and oxygen atoms in total. The fraction of sp³-hybridized carbons (Fsp3) is 0.250. The quantitative estimate of drug-likeness (QED) is 0.528. The molecule has 4 heteroatoms. The van der Waals surface area contributed by atoms with Crippen molar-refractivity contribution in [3.63, 3.8) is 0 Å². The molecule has 0 saturated heterocycles. The monoisotopic (exact) mass is 183 g/mol. The number of hydrogen-bond acceptors (Lipinski definition) is 4. The van der Waals surface area contributed by atoms with Gasteiger partial charge in [0.1, 0.15) is 0 Å². The zero-order valence-electron chi connectivity index (χ0n) is 6.74. The Bertz CT molecular complexity index is 293. The van der Waals surface area contributed by atoms with Crippen molar-refractivity contribution in [3.05, 3.63) is 28.7 Å². The van der Waals surface area contributed by atoms with Gasteiger partial charge in [-0.15, -0.1) is 17.9 Å². The molecule has 0 fully saturated rings. The second-order valence-electron chi connectivity index (χ2n) is 2.13. The number of carbonyl (C=O) groups is 1. The Hall–Kier alpha value is -1.16. The summed E-state index contributed by atoms with van der Waals surface area (Å²) in [5, 5.41) is 2.22. The third-order valence-corrected chi connectivity index (χ3v) is 2.14. The van der Waals surface area contributed by atoms with Crippen LogP contribution in [0.4, 0.5) is 0 Å². The summed E-state index contributed by atoms with van der Waals surface area (Å²) in [6.45, 7) is 3.58. The Morgan fingerprint density at radius 3 is 3.25 bits per heavy atom. The molecule has 0 radical (unpaired) electrons. The van der Waals surface area contributed by atoms with Gasteiger partial charge in [0.2, 0.25) is 5.01 Å². The van der Waals surface area contributed by atoms with Crippen molar-refractivity contribution < 1.29 is 9.53 Å². The number of hydrogen-bond donors (Lipinski definition) is 0. The third kappa shape index (κ3) is 1.92. The normalized spacial score (nSPS) is 9.42. The van der Waals surface area contributed by atoms with E-state index in [1.54, 1.807) is 6.08 Å². The molecule has 1 heterocycles. The van der Waals surface area contributed by atoms with Crippen LogP contribution in [0.25, 0.3) is 0 Å². The maximum absolute atomic E-state index is 10.9. The highest BCUT2D eigenvalue weighted by Crippen LogP contribution is 2.11. The average molecular weight is 183 g/mol. The number of allylic oxidation sites excluding steroid dienone is 1. The Balaban J connectivity index is 2.76. The lowest BCUT2D eigenvalue weighted by Gasteiger charge is -1.90. The molecule has 1 aromatic rings. The van der Waals surface area contributed by atoms with Gasteiger partial charge in [0.15, 0.2) is 0 Å². The Morgan fingerprint density at radius 1 is 1.92 bits per heavy atom. The second-order valence-corrected chi connectivity index (χ2v) is 2.99. The van der Waals surface area contributed by atoms with Gasteiger partial charge in [-0.05, 0) is 0 Å². The van der Waals surface area contributed by atoms with Crippen LogP contribution in [0.15, 0.2) is 18.0 Å². The van der Waals surface area contributed by atoms with Crippen LogP contribution in [0.1, 0.15) is 15.5 Å². The highest BCUT2D eigenvalue weighted by atomic mass is 32.1. The molecule has 0 saturated carbocycles. The lowest BCUT2D eigenvalue weighted by Crippen LogP contribution is -2.00. The summed E-state index contributed by atoms with van der Waals surface area (Å²) in [5.74, 6) is -0.379. The minimum atomic E-state index is -0.379. The summed E-state index contributed by atoms with van der Waals surface area (Å²) >= 11 is 1.29. The van der Waals surface area contributed by atoms with Crippen LogP contribution in [0.5, 0.6) is 0 Å². The Labute approximate surface area is 74.7 Å². The van der Waals surface area contributed by atoms with Gasteiger partial charge in [-0.1, -0.05) is 6.08 Å². The van der Waals surface area contributed by atoms with Crippen LogP contribution in [0.3, 0.4) is 0 Å². The van der Waals surface area contributed by atoms with Crippen molar-refractivity contribution in [3.8, 4) is 0 Å². The molecule has 0 aromatic carbocycles. The predicted octanol–water partition coefficient (Wildman–Crippen LogP) is 1.66. The molecule has 12 heavy (non-hydrogen) atoms. The first-order chi connectivity index (χ1) is 5.77. The zero-order chi connectivity index (χ0) is 8.97. The average Bonchev–Trinajstić information content (AvgIpc) is 2.52.